The smallest absolute Gasteiger partial charge is 0.366 e. The number of benzene rings is 2. The van der Waals surface area contributed by atoms with Crippen LogP contribution < -0.4 is 10.6 Å². The van der Waals surface area contributed by atoms with Gasteiger partial charge in [-0.2, -0.15) is 13.2 Å². The van der Waals surface area contributed by atoms with E-state index in [1.807, 2.05) is 5.32 Å². The van der Waals surface area contributed by atoms with Crippen molar-refractivity contribution in [3.8, 4) is 0 Å². The molecule has 3 atom stereocenters. The third-order valence-corrected chi connectivity index (χ3v) is 5.33. The number of amides is 2. The minimum atomic E-state index is -5.30. The first-order valence-corrected chi connectivity index (χ1v) is 9.20. The highest BCUT2D eigenvalue weighted by atomic mass is 35.5. The van der Waals surface area contributed by atoms with Gasteiger partial charge in [0.1, 0.15) is 5.92 Å². The Hall–Kier alpha value is -2.00. The third-order valence-electron chi connectivity index (χ3n) is 4.52. The van der Waals surface area contributed by atoms with Crippen LogP contribution in [0.25, 0.3) is 0 Å². The van der Waals surface area contributed by atoms with Gasteiger partial charge in [-0.1, -0.05) is 53.0 Å². The van der Waals surface area contributed by atoms with Crippen molar-refractivity contribution in [1.82, 2.24) is 10.6 Å². The van der Waals surface area contributed by atoms with Crippen LogP contribution in [0.5, 0.6) is 0 Å². The van der Waals surface area contributed by atoms with E-state index in [0.717, 1.165) is 0 Å². The monoisotopic (exact) mass is 466 g/mol. The number of urea groups is 1. The molecule has 0 saturated carbocycles. The van der Waals surface area contributed by atoms with Crippen molar-refractivity contribution in [1.29, 1.82) is 0 Å². The summed E-state index contributed by atoms with van der Waals surface area (Å²) in [6.45, 7) is 0. The topological polar surface area (TPSA) is 78.4 Å². The molecule has 3 N–H and O–H groups in total. The van der Waals surface area contributed by atoms with Crippen LogP contribution in [0.3, 0.4) is 0 Å². The third kappa shape index (κ3) is 4.16. The lowest BCUT2D eigenvalue weighted by atomic mass is 9.76. The summed E-state index contributed by atoms with van der Waals surface area (Å²) in [7, 11) is 0. The first kappa shape index (κ1) is 21.7. The lowest BCUT2D eigenvalue weighted by Gasteiger charge is -2.45. The standard InChI is InChI=1S/C18H12Cl3F3N2O3/c19-9-3-1-8(2-4-9)17(29)13(15(27)18(22,23)24)14(25-16(28)26-17)11-6-5-10(20)7-12(11)21/h1-7,13-14,29H,(H2,25,26,28)/t13-,14-,17-/m1/s1. The van der Waals surface area contributed by atoms with Gasteiger partial charge in [0.25, 0.3) is 0 Å². The number of Topliss-reactive ketones (excluding diaryl/α,β-unsaturated/α-hetero) is 1. The molecule has 0 aliphatic carbocycles. The van der Waals surface area contributed by atoms with E-state index in [0.29, 0.717) is 0 Å². The van der Waals surface area contributed by atoms with Gasteiger partial charge >= 0.3 is 12.2 Å². The molecule has 11 heteroatoms. The second-order valence-electron chi connectivity index (χ2n) is 6.35. The van der Waals surface area contributed by atoms with E-state index in [-0.39, 0.29) is 26.2 Å². The molecule has 2 aromatic carbocycles. The van der Waals surface area contributed by atoms with E-state index in [4.69, 9.17) is 34.8 Å². The summed E-state index contributed by atoms with van der Waals surface area (Å²) in [6, 6.07) is 6.32. The maximum atomic E-state index is 13.4. The van der Waals surface area contributed by atoms with Crippen LogP contribution in [0.1, 0.15) is 17.2 Å². The fourth-order valence-electron chi connectivity index (χ4n) is 3.24. The minimum Gasteiger partial charge on any atom is -0.366 e. The van der Waals surface area contributed by atoms with Gasteiger partial charge in [-0.15, -0.1) is 0 Å². The molecule has 1 saturated heterocycles. The van der Waals surface area contributed by atoms with Crippen LogP contribution in [-0.4, -0.2) is 23.1 Å². The highest BCUT2D eigenvalue weighted by molar-refractivity contribution is 6.35. The Morgan fingerprint density at radius 1 is 1.03 bits per heavy atom. The Labute approximate surface area is 177 Å². The number of hydrogen-bond donors (Lipinski definition) is 3. The molecule has 1 aliphatic heterocycles. The van der Waals surface area contributed by atoms with Gasteiger partial charge in [-0.25, -0.2) is 4.79 Å². The van der Waals surface area contributed by atoms with Gasteiger partial charge in [0, 0.05) is 20.6 Å². The first-order valence-electron chi connectivity index (χ1n) is 8.06. The number of alkyl halides is 3. The van der Waals surface area contributed by atoms with E-state index in [2.05, 4.69) is 5.32 Å². The van der Waals surface area contributed by atoms with Crippen molar-refractivity contribution in [2.24, 2.45) is 5.92 Å². The number of nitrogens with one attached hydrogen (secondary N) is 2. The predicted molar refractivity (Wildman–Crippen MR) is 101 cm³/mol. The fourth-order valence-corrected chi connectivity index (χ4v) is 3.89. The van der Waals surface area contributed by atoms with Crippen molar-refractivity contribution < 1.29 is 27.9 Å². The Morgan fingerprint density at radius 2 is 1.62 bits per heavy atom. The Bertz CT molecular complexity index is 969. The number of carbonyl (C=O) groups excluding carboxylic acids is 2. The summed E-state index contributed by atoms with van der Waals surface area (Å²) in [5, 5.41) is 15.8. The summed E-state index contributed by atoms with van der Waals surface area (Å²) in [5.41, 5.74) is -2.86. The normalized spacial score (nSPS) is 24.6. The van der Waals surface area contributed by atoms with Crippen molar-refractivity contribution in [2.45, 2.75) is 17.9 Å². The molecule has 154 valence electrons. The van der Waals surface area contributed by atoms with E-state index >= 15 is 0 Å². The average molecular weight is 468 g/mol. The molecule has 1 aliphatic rings. The zero-order valence-electron chi connectivity index (χ0n) is 14.2. The fraction of sp³-hybridized carbons (Fsp3) is 0.222. The van der Waals surface area contributed by atoms with Crippen molar-refractivity contribution >= 4 is 46.6 Å². The molecule has 0 aromatic heterocycles. The molecule has 29 heavy (non-hydrogen) atoms. The summed E-state index contributed by atoms with van der Waals surface area (Å²) < 4.78 is 40.3. The summed E-state index contributed by atoms with van der Waals surface area (Å²) in [5.74, 6) is -4.45. The maximum absolute atomic E-state index is 13.4. The molecule has 0 unspecified atom stereocenters. The molecule has 0 radical (unpaired) electrons. The lowest BCUT2D eigenvalue weighted by Crippen LogP contribution is -2.66. The Morgan fingerprint density at radius 3 is 2.17 bits per heavy atom. The van der Waals surface area contributed by atoms with E-state index in [1.54, 1.807) is 0 Å². The van der Waals surface area contributed by atoms with Crippen LogP contribution in [-0.2, 0) is 10.5 Å². The summed E-state index contributed by atoms with van der Waals surface area (Å²) >= 11 is 17.7. The predicted octanol–water partition coefficient (Wildman–Crippen LogP) is 4.59. The first-order chi connectivity index (χ1) is 13.4. The van der Waals surface area contributed by atoms with Crippen molar-refractivity contribution in [3.63, 3.8) is 0 Å². The van der Waals surface area contributed by atoms with Crippen LogP contribution in [0.2, 0.25) is 15.1 Å². The molecule has 0 bridgehead atoms. The van der Waals surface area contributed by atoms with E-state index in [9.17, 15) is 27.9 Å². The molecule has 2 aromatic rings. The summed E-state index contributed by atoms with van der Waals surface area (Å²) in [6.07, 6.45) is -5.30. The van der Waals surface area contributed by atoms with Crippen LogP contribution in [0.4, 0.5) is 18.0 Å². The average Bonchev–Trinajstić information content (AvgIpc) is 2.60. The molecular formula is C18H12Cl3F3N2O3. The van der Waals surface area contributed by atoms with Crippen LogP contribution in [0.15, 0.2) is 42.5 Å². The molecule has 5 nitrogen and oxygen atoms in total. The lowest BCUT2D eigenvalue weighted by molar-refractivity contribution is -0.190. The number of aliphatic hydroxyl groups is 1. The number of rotatable bonds is 3. The van der Waals surface area contributed by atoms with Gasteiger partial charge in [-0.05, 0) is 29.8 Å². The van der Waals surface area contributed by atoms with Crippen LogP contribution >= 0.6 is 34.8 Å². The molecule has 1 fully saturated rings. The second-order valence-corrected chi connectivity index (χ2v) is 7.63. The molecular weight excluding hydrogens is 456 g/mol. The molecule has 2 amide bonds. The number of carbonyl (C=O) groups is 2. The Kier molecular flexibility index (Phi) is 5.75. The van der Waals surface area contributed by atoms with E-state index in [1.165, 1.54) is 42.5 Å². The summed E-state index contributed by atoms with van der Waals surface area (Å²) in [4.78, 5) is 24.6. The SMILES string of the molecule is O=C1N[C@H](c2ccc(Cl)cc2Cl)[C@H](C(=O)C(F)(F)F)[C@](O)(c2ccc(Cl)cc2)N1. The highest BCUT2D eigenvalue weighted by Crippen LogP contribution is 2.44. The Balaban J connectivity index is 2.22. The van der Waals surface area contributed by atoms with Gasteiger partial charge in [-0.3, -0.25) is 4.79 Å². The van der Waals surface area contributed by atoms with Crippen molar-refractivity contribution in [2.75, 3.05) is 0 Å². The quantitative estimate of drug-likeness (QED) is 0.618. The number of hydrogen-bond acceptors (Lipinski definition) is 3. The van der Waals surface area contributed by atoms with Gasteiger partial charge < -0.3 is 15.7 Å². The maximum Gasteiger partial charge on any atom is 0.450 e. The number of halogens is 6. The second kappa shape index (κ2) is 7.68. The molecule has 1 heterocycles. The van der Waals surface area contributed by atoms with Gasteiger partial charge in [0.2, 0.25) is 5.78 Å². The number of ketones is 1. The highest BCUT2D eigenvalue weighted by Gasteiger charge is 2.59. The van der Waals surface area contributed by atoms with E-state index < -0.39 is 35.7 Å². The van der Waals surface area contributed by atoms with Gasteiger partial charge in [0.15, 0.2) is 5.72 Å². The zero-order valence-corrected chi connectivity index (χ0v) is 16.5. The molecule has 0 spiro atoms. The van der Waals surface area contributed by atoms with Crippen LogP contribution in [0, 0.1) is 5.92 Å². The minimum absolute atomic E-state index is 0.0131. The van der Waals surface area contributed by atoms with Gasteiger partial charge in [0.05, 0.1) is 6.04 Å². The molecule has 3 rings (SSSR count). The van der Waals surface area contributed by atoms with Crippen molar-refractivity contribution in [3.05, 3.63) is 68.7 Å². The zero-order chi connectivity index (χ0) is 21.6. The largest absolute Gasteiger partial charge is 0.450 e.